The number of benzene rings is 2. The van der Waals surface area contributed by atoms with Gasteiger partial charge in [0.25, 0.3) is 0 Å². The molecule has 5 N–H and O–H groups in total. The highest BCUT2D eigenvalue weighted by atomic mass is 16.5. The minimum Gasteiger partial charge on any atom is -0.497 e. The summed E-state index contributed by atoms with van der Waals surface area (Å²) in [6.45, 7) is 2.41. The van der Waals surface area contributed by atoms with Crippen LogP contribution in [0.2, 0.25) is 0 Å². The van der Waals surface area contributed by atoms with E-state index in [4.69, 9.17) is 10.5 Å². The zero-order chi connectivity index (χ0) is 17.5. The molecule has 0 bridgehead atoms. The van der Waals surface area contributed by atoms with Gasteiger partial charge in [0, 0.05) is 18.3 Å². The van der Waals surface area contributed by atoms with Gasteiger partial charge in [-0.15, -0.1) is 0 Å². The number of nitrogens with one attached hydrogen (secondary N) is 1. The Morgan fingerprint density at radius 1 is 1.12 bits per heavy atom. The van der Waals surface area contributed by atoms with E-state index in [-0.39, 0.29) is 12.6 Å². The largest absolute Gasteiger partial charge is 0.497 e. The first-order valence-corrected chi connectivity index (χ1v) is 8.06. The molecule has 2 aromatic rings. The van der Waals surface area contributed by atoms with Crippen LogP contribution in [0.25, 0.3) is 0 Å². The van der Waals surface area contributed by atoms with E-state index in [0.29, 0.717) is 23.4 Å². The molecule has 2 aromatic carbocycles. The molecule has 0 heterocycles. The molecule has 0 aromatic heterocycles. The van der Waals surface area contributed by atoms with Gasteiger partial charge in [-0.2, -0.15) is 0 Å². The van der Waals surface area contributed by atoms with Crippen LogP contribution in [0.4, 0.5) is 5.69 Å². The minimum atomic E-state index is -0.669. The lowest BCUT2D eigenvalue weighted by molar-refractivity contribution is 0.170. The minimum absolute atomic E-state index is 0.0912. The molecule has 0 saturated heterocycles. The molecule has 130 valence electrons. The first-order valence-electron chi connectivity index (χ1n) is 8.06. The average molecular weight is 330 g/mol. The second-order valence-corrected chi connectivity index (χ2v) is 6.04. The van der Waals surface area contributed by atoms with Crippen LogP contribution >= 0.6 is 0 Å². The Balaban J connectivity index is 1.88. The highest BCUT2D eigenvalue weighted by Crippen LogP contribution is 2.19. The van der Waals surface area contributed by atoms with Gasteiger partial charge in [0.15, 0.2) is 0 Å². The van der Waals surface area contributed by atoms with E-state index in [2.05, 4.69) is 12.2 Å². The first-order chi connectivity index (χ1) is 11.5. The Kier molecular flexibility index (Phi) is 6.61. The predicted octanol–water partition coefficient (Wildman–Crippen LogP) is 2.02. The van der Waals surface area contributed by atoms with Gasteiger partial charge >= 0.3 is 0 Å². The van der Waals surface area contributed by atoms with Crippen LogP contribution < -0.4 is 15.8 Å². The molecule has 0 unspecified atom stereocenters. The van der Waals surface area contributed by atoms with E-state index >= 15 is 0 Å². The molecule has 0 saturated carbocycles. The topological polar surface area (TPSA) is 87.7 Å². The first kappa shape index (κ1) is 18.3. The summed E-state index contributed by atoms with van der Waals surface area (Å²) in [4.78, 5) is 0. The number of rotatable bonds is 8. The van der Waals surface area contributed by atoms with Crippen LogP contribution in [0.1, 0.15) is 29.7 Å². The fraction of sp³-hybridized carbons (Fsp3) is 0.368. The van der Waals surface area contributed by atoms with Crippen LogP contribution in [-0.4, -0.2) is 29.9 Å². The Bertz CT molecular complexity index is 644. The van der Waals surface area contributed by atoms with E-state index in [1.807, 2.05) is 24.3 Å². The zero-order valence-electron chi connectivity index (χ0n) is 14.2. The molecule has 2 atom stereocenters. The van der Waals surface area contributed by atoms with Crippen LogP contribution in [0.3, 0.4) is 0 Å². The number of aliphatic hydroxyl groups excluding tert-OH is 2. The lowest BCUT2D eigenvalue weighted by Crippen LogP contribution is -2.32. The third-order valence-electron chi connectivity index (χ3n) is 3.97. The molecule has 5 nitrogen and oxygen atoms in total. The molecule has 0 fully saturated rings. The number of methoxy groups -OCH3 is 1. The van der Waals surface area contributed by atoms with Crippen LogP contribution in [-0.2, 0) is 13.0 Å². The van der Waals surface area contributed by atoms with Crippen molar-refractivity contribution < 1.29 is 14.9 Å². The standard InChI is InChI=1S/C19H26N2O3/c1-13(7-14-3-5-18(24-2)6-4-14)21-11-19(23)16-8-15(12-22)9-17(20)10-16/h3-6,8-10,13,19,21-23H,7,11-12,20H2,1-2H3/t13-,19+/m0/s1. The second kappa shape index (κ2) is 8.68. The molecule has 0 radical (unpaired) electrons. The molecule has 0 amide bonds. The second-order valence-electron chi connectivity index (χ2n) is 6.04. The van der Waals surface area contributed by atoms with Crippen molar-refractivity contribution in [3.8, 4) is 5.75 Å². The fourth-order valence-electron chi connectivity index (χ4n) is 2.65. The van der Waals surface area contributed by atoms with E-state index in [9.17, 15) is 10.2 Å². The van der Waals surface area contributed by atoms with Gasteiger partial charge in [-0.3, -0.25) is 0 Å². The van der Waals surface area contributed by atoms with Crippen LogP contribution in [0, 0.1) is 0 Å². The summed E-state index contributed by atoms with van der Waals surface area (Å²) in [6.07, 6.45) is 0.187. The van der Waals surface area contributed by atoms with Gasteiger partial charge in [-0.25, -0.2) is 0 Å². The maximum absolute atomic E-state index is 10.3. The van der Waals surface area contributed by atoms with Crippen molar-refractivity contribution in [2.24, 2.45) is 0 Å². The quantitative estimate of drug-likeness (QED) is 0.556. The van der Waals surface area contributed by atoms with Gasteiger partial charge in [0.2, 0.25) is 0 Å². The molecular formula is C19H26N2O3. The Hall–Kier alpha value is -2.08. The average Bonchev–Trinajstić information content (AvgIpc) is 2.59. The van der Waals surface area contributed by atoms with Gasteiger partial charge < -0.3 is 26.0 Å². The van der Waals surface area contributed by atoms with E-state index in [1.54, 1.807) is 25.3 Å². The highest BCUT2D eigenvalue weighted by Gasteiger charge is 2.11. The molecule has 24 heavy (non-hydrogen) atoms. The molecule has 0 spiro atoms. The SMILES string of the molecule is COc1ccc(C[C@H](C)NC[C@@H](O)c2cc(N)cc(CO)c2)cc1. The molecule has 0 aliphatic carbocycles. The Morgan fingerprint density at radius 2 is 1.83 bits per heavy atom. The Labute approximate surface area is 143 Å². The van der Waals surface area contributed by atoms with Crippen molar-refractivity contribution in [3.05, 3.63) is 59.2 Å². The molecular weight excluding hydrogens is 304 g/mol. The summed E-state index contributed by atoms with van der Waals surface area (Å²) in [5.74, 6) is 0.844. The van der Waals surface area contributed by atoms with E-state index < -0.39 is 6.10 Å². The van der Waals surface area contributed by atoms with Crippen molar-refractivity contribution in [1.82, 2.24) is 5.32 Å². The third-order valence-corrected chi connectivity index (χ3v) is 3.97. The summed E-state index contributed by atoms with van der Waals surface area (Å²) in [5, 5.41) is 22.9. The smallest absolute Gasteiger partial charge is 0.118 e. The molecule has 5 heteroatoms. The van der Waals surface area contributed by atoms with Crippen LogP contribution in [0.15, 0.2) is 42.5 Å². The van der Waals surface area contributed by atoms with Crippen molar-refractivity contribution in [2.45, 2.75) is 32.1 Å². The normalized spacial score (nSPS) is 13.5. The lowest BCUT2D eigenvalue weighted by atomic mass is 10.0. The van der Waals surface area contributed by atoms with Gasteiger partial charge in [0.1, 0.15) is 5.75 Å². The van der Waals surface area contributed by atoms with E-state index in [0.717, 1.165) is 12.2 Å². The summed E-state index contributed by atoms with van der Waals surface area (Å²) >= 11 is 0. The Morgan fingerprint density at radius 3 is 2.46 bits per heavy atom. The number of ether oxygens (including phenoxy) is 1. The third kappa shape index (κ3) is 5.23. The summed E-state index contributed by atoms with van der Waals surface area (Å²) in [5.41, 5.74) is 8.97. The molecule has 2 rings (SSSR count). The van der Waals surface area contributed by atoms with Gasteiger partial charge in [-0.1, -0.05) is 18.2 Å². The number of aliphatic hydroxyl groups is 2. The van der Waals surface area contributed by atoms with Crippen molar-refractivity contribution >= 4 is 5.69 Å². The highest BCUT2D eigenvalue weighted by molar-refractivity contribution is 5.45. The number of nitrogens with two attached hydrogens (primary N) is 1. The maximum atomic E-state index is 10.3. The number of hydrogen-bond acceptors (Lipinski definition) is 5. The number of anilines is 1. The summed E-state index contributed by atoms with van der Waals surface area (Å²) in [6, 6.07) is 13.4. The van der Waals surface area contributed by atoms with E-state index in [1.165, 1.54) is 5.56 Å². The molecule has 0 aliphatic heterocycles. The lowest BCUT2D eigenvalue weighted by Gasteiger charge is -2.18. The molecule has 0 aliphatic rings. The van der Waals surface area contributed by atoms with Gasteiger partial charge in [0.05, 0.1) is 19.8 Å². The predicted molar refractivity (Wildman–Crippen MR) is 95.9 cm³/mol. The number of hydrogen-bond donors (Lipinski definition) is 4. The zero-order valence-corrected chi connectivity index (χ0v) is 14.2. The maximum Gasteiger partial charge on any atom is 0.118 e. The summed E-state index contributed by atoms with van der Waals surface area (Å²) in [7, 11) is 1.65. The van der Waals surface area contributed by atoms with Crippen LogP contribution in [0.5, 0.6) is 5.75 Å². The van der Waals surface area contributed by atoms with Gasteiger partial charge in [-0.05, 0) is 54.3 Å². The fourth-order valence-corrected chi connectivity index (χ4v) is 2.65. The van der Waals surface area contributed by atoms with Crippen molar-refractivity contribution in [2.75, 3.05) is 19.4 Å². The monoisotopic (exact) mass is 330 g/mol. The summed E-state index contributed by atoms with van der Waals surface area (Å²) < 4.78 is 5.15. The number of nitrogen functional groups attached to an aromatic ring is 1. The van der Waals surface area contributed by atoms with Crippen molar-refractivity contribution in [1.29, 1.82) is 0 Å². The van der Waals surface area contributed by atoms with Crippen molar-refractivity contribution in [3.63, 3.8) is 0 Å².